The van der Waals surface area contributed by atoms with E-state index in [0.29, 0.717) is 18.4 Å². The van der Waals surface area contributed by atoms with Crippen LogP contribution in [-0.4, -0.2) is 46.1 Å². The number of rotatable bonds is 3. The number of carboxylic acid groups (broad SMARTS) is 1. The molecule has 0 radical (unpaired) electrons. The van der Waals surface area contributed by atoms with Crippen molar-refractivity contribution in [2.75, 3.05) is 18.0 Å². The van der Waals surface area contributed by atoms with Gasteiger partial charge in [-0.05, 0) is 31.4 Å². The van der Waals surface area contributed by atoms with E-state index < -0.39 is 46.2 Å². The highest BCUT2D eigenvalue weighted by molar-refractivity contribution is 5.95. The number of hydrogen-bond acceptors (Lipinski definition) is 4. The number of pyridine rings is 1. The second-order valence-electron chi connectivity index (χ2n) is 8.61. The van der Waals surface area contributed by atoms with Crippen molar-refractivity contribution in [3.05, 3.63) is 39.4 Å². The van der Waals surface area contributed by atoms with Crippen LogP contribution in [0.1, 0.15) is 41.2 Å². The van der Waals surface area contributed by atoms with Crippen LogP contribution in [0.25, 0.3) is 10.9 Å². The van der Waals surface area contributed by atoms with Gasteiger partial charge in [0.2, 0.25) is 5.43 Å². The van der Waals surface area contributed by atoms with Gasteiger partial charge in [-0.15, -0.1) is 0 Å². The summed E-state index contributed by atoms with van der Waals surface area (Å²) in [6, 6.07) is 0.365. The maximum Gasteiger partial charge on any atom is 0.341 e. The zero-order valence-corrected chi connectivity index (χ0v) is 15.7. The molecule has 3 N–H and O–H groups in total. The predicted molar refractivity (Wildman–Crippen MR) is 101 cm³/mol. The van der Waals surface area contributed by atoms with E-state index in [0.717, 1.165) is 12.3 Å². The molecule has 2 saturated carbocycles. The Morgan fingerprint density at radius 1 is 1.34 bits per heavy atom. The zero-order chi connectivity index (χ0) is 20.9. The molecule has 6 nitrogen and oxygen atoms in total. The van der Waals surface area contributed by atoms with Gasteiger partial charge >= 0.3 is 5.97 Å². The van der Waals surface area contributed by atoms with Crippen LogP contribution in [0.5, 0.6) is 0 Å². The number of aromatic carboxylic acids is 1. The monoisotopic (exact) mass is 407 g/mol. The van der Waals surface area contributed by atoms with Gasteiger partial charge in [-0.1, -0.05) is 0 Å². The predicted octanol–water partition coefficient (Wildman–Crippen LogP) is 2.45. The molecule has 1 saturated heterocycles. The minimum absolute atomic E-state index is 0.0562. The Bertz CT molecular complexity index is 1130. The van der Waals surface area contributed by atoms with Gasteiger partial charge in [-0.25, -0.2) is 18.0 Å². The average Bonchev–Trinajstić information content (AvgIpc) is 3.33. The van der Waals surface area contributed by atoms with Crippen molar-refractivity contribution in [1.29, 1.82) is 0 Å². The van der Waals surface area contributed by atoms with Gasteiger partial charge in [0, 0.05) is 24.5 Å². The number of nitrogens with two attached hydrogens (primary N) is 1. The fourth-order valence-corrected chi connectivity index (χ4v) is 4.94. The molecule has 0 amide bonds. The molecule has 5 rings (SSSR count). The topological polar surface area (TPSA) is 88.6 Å². The molecule has 1 aliphatic heterocycles. The van der Waals surface area contributed by atoms with Gasteiger partial charge in [0.15, 0.2) is 0 Å². The molecule has 2 heterocycles. The molecule has 29 heavy (non-hydrogen) atoms. The van der Waals surface area contributed by atoms with Crippen molar-refractivity contribution < 1.29 is 23.1 Å². The first kappa shape index (κ1) is 18.5. The van der Waals surface area contributed by atoms with E-state index in [1.165, 1.54) is 4.57 Å². The lowest BCUT2D eigenvalue weighted by Gasteiger charge is -2.45. The van der Waals surface area contributed by atoms with Gasteiger partial charge in [0.1, 0.15) is 23.2 Å². The largest absolute Gasteiger partial charge is 0.477 e. The van der Waals surface area contributed by atoms with Crippen molar-refractivity contribution in [2.45, 2.75) is 49.6 Å². The number of carbonyl (C=O) groups is 1. The zero-order valence-electron chi connectivity index (χ0n) is 15.7. The number of nitrogens with zero attached hydrogens (tertiary/aromatic N) is 2. The van der Waals surface area contributed by atoms with Crippen molar-refractivity contribution in [3.8, 4) is 0 Å². The molecule has 0 bridgehead atoms. The van der Waals surface area contributed by atoms with E-state index in [1.807, 2.05) is 0 Å². The molecule has 2 unspecified atom stereocenters. The molecule has 154 valence electrons. The summed E-state index contributed by atoms with van der Waals surface area (Å²) in [6.07, 6.45) is 0.964. The smallest absolute Gasteiger partial charge is 0.341 e. The van der Waals surface area contributed by atoms with Crippen LogP contribution in [-0.2, 0) is 0 Å². The quantitative estimate of drug-likeness (QED) is 0.816. The van der Waals surface area contributed by atoms with Crippen LogP contribution in [0.2, 0.25) is 0 Å². The number of carboxylic acids is 1. The number of halogens is 3. The third-order valence-electron chi connectivity index (χ3n) is 6.84. The lowest BCUT2D eigenvalue weighted by atomic mass is 9.67. The lowest BCUT2D eigenvalue weighted by Crippen LogP contribution is -2.65. The van der Waals surface area contributed by atoms with E-state index >= 15 is 8.78 Å². The molecule has 2 aliphatic carbocycles. The normalized spacial score (nSPS) is 32.9. The summed E-state index contributed by atoms with van der Waals surface area (Å²) in [6.45, 7) is 1.67. The van der Waals surface area contributed by atoms with E-state index in [-0.39, 0.29) is 36.1 Å². The lowest BCUT2D eigenvalue weighted by molar-refractivity contribution is 0.00445. The van der Waals surface area contributed by atoms with Gasteiger partial charge in [0.25, 0.3) is 0 Å². The molecular formula is C20H20F3N3O3. The highest BCUT2D eigenvalue weighted by Gasteiger charge is 2.64. The first-order valence-electron chi connectivity index (χ1n) is 9.54. The summed E-state index contributed by atoms with van der Waals surface area (Å²) in [5.74, 6) is -2.20. The number of aromatic nitrogens is 1. The summed E-state index contributed by atoms with van der Waals surface area (Å²) in [5, 5.41) is 9.22. The molecule has 0 spiro atoms. The SMILES string of the molecule is Cc1c(N2CC3(N)CC[C@]3(F)C2)c(F)cc2c(=O)c(C(=O)O)cn(C3C[C@@H]3F)c12. The van der Waals surface area contributed by atoms with Crippen LogP contribution in [0.15, 0.2) is 17.1 Å². The number of anilines is 1. The summed E-state index contributed by atoms with van der Waals surface area (Å²) in [7, 11) is 0. The third-order valence-corrected chi connectivity index (χ3v) is 6.84. The Morgan fingerprint density at radius 2 is 2.03 bits per heavy atom. The molecule has 3 aliphatic rings. The van der Waals surface area contributed by atoms with Crippen molar-refractivity contribution >= 4 is 22.6 Å². The van der Waals surface area contributed by atoms with Crippen LogP contribution < -0.4 is 16.1 Å². The standard InChI is InChI=1S/C20H20F3N3O3/c1-9-15-10(17(27)11(18(28)29)6-26(15)14-5-12(14)21)4-13(22)16(9)25-7-19(23)2-3-20(19,24)8-25/h4,6,12,14H,2-3,5,7-8,24H2,1H3,(H,28,29)/t12-,14?,19-,20?/m0/s1. The fraction of sp³-hybridized carbons (Fsp3) is 0.500. The molecular weight excluding hydrogens is 387 g/mol. The van der Waals surface area contributed by atoms with Crippen LogP contribution in [0, 0.1) is 12.7 Å². The first-order valence-corrected chi connectivity index (χ1v) is 9.54. The Kier molecular flexibility index (Phi) is 3.52. The summed E-state index contributed by atoms with van der Waals surface area (Å²) < 4.78 is 45.4. The average molecular weight is 407 g/mol. The second kappa shape index (κ2) is 5.53. The Hall–Kier alpha value is -2.55. The maximum absolute atomic E-state index is 15.1. The van der Waals surface area contributed by atoms with E-state index in [4.69, 9.17) is 5.73 Å². The van der Waals surface area contributed by atoms with Crippen molar-refractivity contribution in [3.63, 3.8) is 0 Å². The number of aryl methyl sites for hydroxylation is 1. The summed E-state index contributed by atoms with van der Waals surface area (Å²) in [4.78, 5) is 25.7. The maximum atomic E-state index is 15.1. The highest BCUT2D eigenvalue weighted by atomic mass is 19.1. The van der Waals surface area contributed by atoms with Crippen molar-refractivity contribution in [2.24, 2.45) is 5.73 Å². The number of fused-ring (bicyclic) bond motifs is 2. The Labute approximate surface area is 163 Å². The van der Waals surface area contributed by atoms with Crippen LogP contribution in [0.4, 0.5) is 18.9 Å². The third kappa shape index (κ3) is 2.33. The summed E-state index contributed by atoms with van der Waals surface area (Å²) in [5.41, 5.74) is 2.92. The summed E-state index contributed by atoms with van der Waals surface area (Å²) >= 11 is 0. The van der Waals surface area contributed by atoms with Gasteiger partial charge < -0.3 is 20.3 Å². The molecule has 3 fully saturated rings. The first-order chi connectivity index (χ1) is 13.6. The van der Waals surface area contributed by atoms with Gasteiger partial charge in [-0.2, -0.15) is 0 Å². The number of alkyl halides is 2. The van der Waals surface area contributed by atoms with Gasteiger partial charge in [-0.3, -0.25) is 4.79 Å². The van der Waals surface area contributed by atoms with E-state index in [9.17, 15) is 19.1 Å². The Morgan fingerprint density at radius 3 is 2.52 bits per heavy atom. The van der Waals surface area contributed by atoms with Gasteiger partial charge in [0.05, 0.1) is 29.3 Å². The molecule has 4 atom stereocenters. The second-order valence-corrected chi connectivity index (χ2v) is 8.61. The van der Waals surface area contributed by atoms with E-state index in [2.05, 4.69) is 0 Å². The highest BCUT2D eigenvalue weighted by Crippen LogP contribution is 2.51. The molecule has 1 aromatic carbocycles. The number of benzene rings is 1. The minimum Gasteiger partial charge on any atom is -0.477 e. The minimum atomic E-state index is -1.59. The number of hydrogen-bond donors (Lipinski definition) is 2. The Balaban J connectivity index is 1.75. The molecule has 9 heteroatoms. The van der Waals surface area contributed by atoms with E-state index in [1.54, 1.807) is 11.8 Å². The fourth-order valence-electron chi connectivity index (χ4n) is 4.94. The molecule has 1 aromatic heterocycles. The van der Waals surface area contributed by atoms with Crippen LogP contribution in [0.3, 0.4) is 0 Å². The van der Waals surface area contributed by atoms with Crippen LogP contribution >= 0.6 is 0 Å². The molecule has 2 aromatic rings. The van der Waals surface area contributed by atoms with Crippen molar-refractivity contribution in [1.82, 2.24) is 4.57 Å².